The van der Waals surface area contributed by atoms with Crippen molar-refractivity contribution in [2.24, 2.45) is 0 Å². The molecule has 0 radical (unpaired) electrons. The molecule has 1 amide bonds. The summed E-state index contributed by atoms with van der Waals surface area (Å²) in [4.78, 5) is 25.0. The van der Waals surface area contributed by atoms with Crippen LogP contribution < -0.4 is 10.1 Å². The fourth-order valence-corrected chi connectivity index (χ4v) is 3.41. The molecule has 3 rings (SSSR count). The number of anilines is 1. The van der Waals surface area contributed by atoms with E-state index in [9.17, 15) is 9.59 Å². The molecule has 5 nitrogen and oxygen atoms in total. The number of benzene rings is 2. The van der Waals surface area contributed by atoms with Gasteiger partial charge in [0, 0.05) is 5.56 Å². The Hall–Kier alpha value is -3.12. The fourth-order valence-electron chi connectivity index (χ4n) is 2.45. The van der Waals surface area contributed by atoms with E-state index in [0.29, 0.717) is 33.5 Å². The first-order valence-corrected chi connectivity index (χ1v) is 9.30. The normalized spacial score (nSPS) is 10.3. The topological polar surface area (TPSA) is 64.6 Å². The summed E-state index contributed by atoms with van der Waals surface area (Å²) in [6.45, 7) is 3.88. The number of para-hydroxylation sites is 1. The van der Waals surface area contributed by atoms with E-state index >= 15 is 0 Å². The summed E-state index contributed by atoms with van der Waals surface area (Å²) in [6.07, 6.45) is 0. The summed E-state index contributed by atoms with van der Waals surface area (Å²) in [5.41, 5.74) is 1.24. The van der Waals surface area contributed by atoms with Crippen molar-refractivity contribution in [3.63, 3.8) is 0 Å². The lowest BCUT2D eigenvalue weighted by molar-refractivity contribution is 0.0531. The third-order valence-electron chi connectivity index (χ3n) is 3.69. The molecule has 27 heavy (non-hydrogen) atoms. The molecule has 0 atom stereocenters. The lowest BCUT2D eigenvalue weighted by Gasteiger charge is -2.07. The van der Waals surface area contributed by atoms with E-state index in [1.165, 1.54) is 11.3 Å². The predicted octanol–water partition coefficient (Wildman–Crippen LogP) is 5.28. The Bertz CT molecular complexity index is 950. The second kappa shape index (κ2) is 8.51. The molecule has 3 aromatic rings. The van der Waals surface area contributed by atoms with Gasteiger partial charge in [0.1, 0.15) is 16.4 Å². The Morgan fingerprint density at radius 3 is 2.48 bits per heavy atom. The first-order chi connectivity index (χ1) is 13.1. The zero-order valence-electron chi connectivity index (χ0n) is 15.0. The molecule has 0 bridgehead atoms. The third-order valence-corrected chi connectivity index (χ3v) is 4.82. The number of amides is 1. The number of hydrogen-bond donors (Lipinski definition) is 1. The number of carbonyl (C=O) groups excluding carboxylic acids is 2. The first kappa shape index (κ1) is 18.7. The highest BCUT2D eigenvalue weighted by Gasteiger charge is 2.16. The number of aryl methyl sites for hydroxylation is 1. The zero-order valence-corrected chi connectivity index (χ0v) is 15.8. The molecular weight excluding hydrogens is 362 g/mol. The van der Waals surface area contributed by atoms with Crippen molar-refractivity contribution in [3.05, 3.63) is 76.7 Å². The molecule has 1 heterocycles. The predicted molar refractivity (Wildman–Crippen MR) is 106 cm³/mol. The van der Waals surface area contributed by atoms with Crippen LogP contribution in [0.2, 0.25) is 0 Å². The smallest absolute Gasteiger partial charge is 0.348 e. The van der Waals surface area contributed by atoms with Crippen LogP contribution in [0.25, 0.3) is 0 Å². The molecule has 0 aliphatic carbocycles. The van der Waals surface area contributed by atoms with Gasteiger partial charge >= 0.3 is 5.97 Å². The second-order valence-electron chi connectivity index (χ2n) is 5.74. The summed E-state index contributed by atoms with van der Waals surface area (Å²) < 4.78 is 10.8. The molecule has 1 N–H and O–H groups in total. The van der Waals surface area contributed by atoms with Crippen LogP contribution in [-0.2, 0) is 4.74 Å². The van der Waals surface area contributed by atoms with Crippen molar-refractivity contribution >= 4 is 28.2 Å². The van der Waals surface area contributed by atoms with Crippen LogP contribution in [0, 0.1) is 6.92 Å². The minimum Gasteiger partial charge on any atom is -0.462 e. The fraction of sp³-hybridized carbons (Fsp3) is 0.143. The Labute approximate surface area is 161 Å². The Balaban J connectivity index is 1.72. The van der Waals surface area contributed by atoms with E-state index in [2.05, 4.69) is 5.32 Å². The highest BCUT2D eigenvalue weighted by atomic mass is 32.1. The summed E-state index contributed by atoms with van der Waals surface area (Å²) in [5, 5.41) is 3.42. The van der Waals surface area contributed by atoms with Crippen molar-refractivity contribution in [2.75, 3.05) is 11.9 Å². The highest BCUT2D eigenvalue weighted by molar-refractivity contribution is 7.18. The van der Waals surface area contributed by atoms with Gasteiger partial charge in [0.15, 0.2) is 0 Å². The average Bonchev–Trinajstić information content (AvgIpc) is 3.03. The molecule has 1 aromatic heterocycles. The van der Waals surface area contributed by atoms with Gasteiger partial charge in [-0.3, -0.25) is 4.79 Å². The SMILES string of the molecule is CCOC(=O)c1sc(NC(=O)c2cccc(Oc3ccccc3)c2)cc1C. The maximum absolute atomic E-state index is 12.6. The molecule has 138 valence electrons. The molecular formula is C21H19NO4S. The standard InChI is InChI=1S/C21H19NO4S/c1-3-25-21(24)19-14(2)12-18(27-19)22-20(23)15-8-7-11-17(13-15)26-16-9-5-4-6-10-16/h4-13H,3H2,1-2H3,(H,22,23). The lowest BCUT2D eigenvalue weighted by Crippen LogP contribution is -2.10. The van der Waals surface area contributed by atoms with Crippen LogP contribution in [0.1, 0.15) is 32.5 Å². The largest absolute Gasteiger partial charge is 0.462 e. The van der Waals surface area contributed by atoms with Crippen LogP contribution in [0.15, 0.2) is 60.7 Å². The highest BCUT2D eigenvalue weighted by Crippen LogP contribution is 2.28. The van der Waals surface area contributed by atoms with E-state index in [4.69, 9.17) is 9.47 Å². The maximum atomic E-state index is 12.6. The number of thiophene rings is 1. The summed E-state index contributed by atoms with van der Waals surface area (Å²) in [5.74, 6) is 0.621. The summed E-state index contributed by atoms with van der Waals surface area (Å²) in [6, 6.07) is 18.1. The van der Waals surface area contributed by atoms with Crippen molar-refractivity contribution in [3.8, 4) is 11.5 Å². The van der Waals surface area contributed by atoms with Crippen LogP contribution in [0.3, 0.4) is 0 Å². The van der Waals surface area contributed by atoms with Crippen molar-refractivity contribution in [2.45, 2.75) is 13.8 Å². The van der Waals surface area contributed by atoms with Gasteiger partial charge in [-0.05, 0) is 55.8 Å². The van der Waals surface area contributed by atoms with Gasteiger partial charge in [0.25, 0.3) is 5.91 Å². The van der Waals surface area contributed by atoms with Crippen molar-refractivity contribution < 1.29 is 19.1 Å². The monoisotopic (exact) mass is 381 g/mol. The molecule has 2 aromatic carbocycles. The molecule has 0 aliphatic rings. The molecule has 6 heteroatoms. The van der Waals surface area contributed by atoms with E-state index in [0.717, 1.165) is 5.56 Å². The Morgan fingerprint density at radius 2 is 1.74 bits per heavy atom. The number of rotatable bonds is 6. The lowest BCUT2D eigenvalue weighted by atomic mass is 10.2. The maximum Gasteiger partial charge on any atom is 0.348 e. The Morgan fingerprint density at radius 1 is 1.00 bits per heavy atom. The number of carbonyl (C=O) groups is 2. The summed E-state index contributed by atoms with van der Waals surface area (Å²) in [7, 11) is 0. The van der Waals surface area contributed by atoms with E-state index < -0.39 is 0 Å². The van der Waals surface area contributed by atoms with Crippen molar-refractivity contribution in [1.82, 2.24) is 0 Å². The Kier molecular flexibility index (Phi) is 5.88. The van der Waals surface area contributed by atoms with Gasteiger partial charge in [0.05, 0.1) is 11.6 Å². The second-order valence-corrected chi connectivity index (χ2v) is 6.79. The van der Waals surface area contributed by atoms with Gasteiger partial charge < -0.3 is 14.8 Å². The van der Waals surface area contributed by atoms with Crippen LogP contribution in [0.5, 0.6) is 11.5 Å². The van der Waals surface area contributed by atoms with E-state index in [1.54, 1.807) is 37.3 Å². The van der Waals surface area contributed by atoms with Crippen LogP contribution in [0.4, 0.5) is 5.00 Å². The van der Waals surface area contributed by atoms with Gasteiger partial charge in [-0.25, -0.2) is 4.79 Å². The van der Waals surface area contributed by atoms with Gasteiger partial charge in [-0.15, -0.1) is 11.3 Å². The van der Waals surface area contributed by atoms with Gasteiger partial charge in [-0.2, -0.15) is 0 Å². The first-order valence-electron chi connectivity index (χ1n) is 8.48. The van der Waals surface area contributed by atoms with Crippen LogP contribution in [-0.4, -0.2) is 18.5 Å². The molecule has 0 fully saturated rings. The molecule has 0 saturated heterocycles. The van der Waals surface area contributed by atoms with Gasteiger partial charge in [0.2, 0.25) is 0 Å². The molecule has 0 unspecified atom stereocenters. The van der Waals surface area contributed by atoms with Crippen molar-refractivity contribution in [1.29, 1.82) is 0 Å². The quantitative estimate of drug-likeness (QED) is 0.590. The van der Waals surface area contributed by atoms with Crippen LogP contribution >= 0.6 is 11.3 Å². The number of nitrogens with one attached hydrogen (secondary N) is 1. The minimum atomic E-state index is -0.376. The molecule has 0 spiro atoms. The van der Waals surface area contributed by atoms with Gasteiger partial charge in [-0.1, -0.05) is 24.3 Å². The molecule has 0 saturated carbocycles. The molecule has 0 aliphatic heterocycles. The average molecular weight is 381 g/mol. The number of ether oxygens (including phenoxy) is 2. The number of esters is 1. The minimum absolute atomic E-state index is 0.273. The number of hydrogen-bond acceptors (Lipinski definition) is 5. The zero-order chi connectivity index (χ0) is 19.2. The summed E-state index contributed by atoms with van der Waals surface area (Å²) >= 11 is 1.20. The van der Waals surface area contributed by atoms with E-state index in [-0.39, 0.29) is 11.9 Å². The van der Waals surface area contributed by atoms with E-state index in [1.807, 2.05) is 37.3 Å². The third kappa shape index (κ3) is 4.74.